The second-order valence-electron chi connectivity index (χ2n) is 5.64. The van der Waals surface area contributed by atoms with Gasteiger partial charge >= 0.3 is 0 Å². The van der Waals surface area contributed by atoms with Crippen LogP contribution in [0.3, 0.4) is 0 Å². The molecule has 0 bridgehead atoms. The molecule has 1 aliphatic carbocycles. The van der Waals surface area contributed by atoms with Crippen molar-refractivity contribution in [1.29, 1.82) is 0 Å². The molecule has 0 saturated heterocycles. The summed E-state index contributed by atoms with van der Waals surface area (Å²) in [6.45, 7) is 4.92. The zero-order valence-corrected chi connectivity index (χ0v) is 11.6. The van der Waals surface area contributed by atoms with Crippen LogP contribution < -0.4 is 11.1 Å². The van der Waals surface area contributed by atoms with Crippen LogP contribution in [0, 0.1) is 0 Å². The quantitative estimate of drug-likeness (QED) is 0.843. The van der Waals surface area contributed by atoms with E-state index >= 15 is 0 Å². The first-order valence-corrected chi connectivity index (χ1v) is 7.21. The SMILES string of the molecule is CC(C)n1cc(C(CN)NC2CCCCC2)cn1. The Morgan fingerprint density at radius 1 is 1.39 bits per heavy atom. The van der Waals surface area contributed by atoms with Crippen molar-refractivity contribution in [1.82, 2.24) is 15.1 Å². The highest BCUT2D eigenvalue weighted by atomic mass is 15.3. The maximum absolute atomic E-state index is 5.91. The van der Waals surface area contributed by atoms with E-state index in [-0.39, 0.29) is 6.04 Å². The van der Waals surface area contributed by atoms with Crippen LogP contribution in [0.25, 0.3) is 0 Å². The van der Waals surface area contributed by atoms with Crippen LogP contribution >= 0.6 is 0 Å². The van der Waals surface area contributed by atoms with E-state index in [4.69, 9.17) is 5.73 Å². The van der Waals surface area contributed by atoms with E-state index in [2.05, 4.69) is 30.5 Å². The second-order valence-corrected chi connectivity index (χ2v) is 5.64. The third kappa shape index (κ3) is 3.33. The number of aromatic nitrogens is 2. The molecular formula is C14H26N4. The summed E-state index contributed by atoms with van der Waals surface area (Å²) >= 11 is 0. The van der Waals surface area contributed by atoms with Gasteiger partial charge in [0.2, 0.25) is 0 Å². The van der Waals surface area contributed by atoms with Gasteiger partial charge in [0, 0.05) is 36.4 Å². The van der Waals surface area contributed by atoms with Crippen molar-refractivity contribution in [2.45, 2.75) is 64.1 Å². The Hall–Kier alpha value is -0.870. The van der Waals surface area contributed by atoms with Gasteiger partial charge in [-0.3, -0.25) is 4.68 Å². The first-order valence-electron chi connectivity index (χ1n) is 7.21. The summed E-state index contributed by atoms with van der Waals surface area (Å²) in [6.07, 6.45) is 10.7. The van der Waals surface area contributed by atoms with Gasteiger partial charge in [0.15, 0.2) is 0 Å². The van der Waals surface area contributed by atoms with E-state index in [0.717, 1.165) is 0 Å². The Bertz CT molecular complexity index is 352. The number of nitrogens with two attached hydrogens (primary N) is 1. The molecule has 1 aliphatic rings. The molecule has 1 heterocycles. The van der Waals surface area contributed by atoms with Crippen molar-refractivity contribution in [3.05, 3.63) is 18.0 Å². The summed E-state index contributed by atoms with van der Waals surface area (Å²) in [4.78, 5) is 0. The van der Waals surface area contributed by atoms with E-state index in [9.17, 15) is 0 Å². The molecule has 102 valence electrons. The molecule has 3 N–H and O–H groups in total. The van der Waals surface area contributed by atoms with Gasteiger partial charge in [-0.25, -0.2) is 0 Å². The van der Waals surface area contributed by atoms with Gasteiger partial charge in [0.1, 0.15) is 0 Å². The molecular weight excluding hydrogens is 224 g/mol. The lowest BCUT2D eigenvalue weighted by Crippen LogP contribution is -2.37. The highest BCUT2D eigenvalue weighted by Crippen LogP contribution is 2.21. The van der Waals surface area contributed by atoms with Gasteiger partial charge in [-0.1, -0.05) is 19.3 Å². The Labute approximate surface area is 110 Å². The van der Waals surface area contributed by atoms with Crippen molar-refractivity contribution in [2.24, 2.45) is 5.73 Å². The third-order valence-corrected chi connectivity index (χ3v) is 3.83. The molecule has 1 fully saturated rings. The first-order chi connectivity index (χ1) is 8.70. The summed E-state index contributed by atoms with van der Waals surface area (Å²) in [5.74, 6) is 0. The van der Waals surface area contributed by atoms with Gasteiger partial charge in [-0.2, -0.15) is 5.10 Å². The van der Waals surface area contributed by atoms with Crippen LogP contribution in [0.15, 0.2) is 12.4 Å². The molecule has 0 aliphatic heterocycles. The maximum Gasteiger partial charge on any atom is 0.0538 e. The predicted octanol–water partition coefficient (Wildman–Crippen LogP) is 2.39. The molecule has 1 aromatic rings. The van der Waals surface area contributed by atoms with Crippen molar-refractivity contribution in [3.8, 4) is 0 Å². The minimum absolute atomic E-state index is 0.251. The highest BCUT2D eigenvalue weighted by molar-refractivity contribution is 5.11. The Morgan fingerprint density at radius 2 is 2.11 bits per heavy atom. The zero-order chi connectivity index (χ0) is 13.0. The number of hydrogen-bond donors (Lipinski definition) is 2. The fourth-order valence-electron chi connectivity index (χ4n) is 2.67. The topological polar surface area (TPSA) is 55.9 Å². The van der Waals surface area contributed by atoms with Crippen LogP contribution in [-0.4, -0.2) is 22.4 Å². The van der Waals surface area contributed by atoms with Crippen LogP contribution in [0.2, 0.25) is 0 Å². The Balaban J connectivity index is 1.98. The van der Waals surface area contributed by atoms with Crippen LogP contribution in [0.1, 0.15) is 63.6 Å². The summed E-state index contributed by atoms with van der Waals surface area (Å²) in [5.41, 5.74) is 7.13. The molecule has 1 atom stereocenters. The monoisotopic (exact) mass is 250 g/mol. The molecule has 0 aromatic carbocycles. The number of nitrogens with one attached hydrogen (secondary N) is 1. The fraction of sp³-hybridized carbons (Fsp3) is 0.786. The average Bonchev–Trinajstić information content (AvgIpc) is 2.87. The second kappa shape index (κ2) is 6.34. The zero-order valence-electron chi connectivity index (χ0n) is 11.6. The molecule has 0 spiro atoms. The van der Waals surface area contributed by atoms with Crippen molar-refractivity contribution in [3.63, 3.8) is 0 Å². The number of hydrogen-bond acceptors (Lipinski definition) is 3. The van der Waals surface area contributed by atoms with Crippen molar-refractivity contribution < 1.29 is 0 Å². The lowest BCUT2D eigenvalue weighted by Gasteiger charge is -2.27. The molecule has 0 radical (unpaired) electrons. The first kappa shape index (κ1) is 13.6. The van der Waals surface area contributed by atoms with E-state index < -0.39 is 0 Å². The summed E-state index contributed by atoms with van der Waals surface area (Å²) < 4.78 is 2.00. The summed E-state index contributed by atoms with van der Waals surface area (Å²) in [5, 5.41) is 8.09. The van der Waals surface area contributed by atoms with Gasteiger partial charge in [-0.05, 0) is 26.7 Å². The fourth-order valence-corrected chi connectivity index (χ4v) is 2.67. The van der Waals surface area contributed by atoms with Gasteiger partial charge in [0.05, 0.1) is 6.20 Å². The van der Waals surface area contributed by atoms with Crippen molar-refractivity contribution in [2.75, 3.05) is 6.54 Å². The summed E-state index contributed by atoms with van der Waals surface area (Å²) in [7, 11) is 0. The van der Waals surface area contributed by atoms with E-state index in [1.165, 1.54) is 37.7 Å². The predicted molar refractivity (Wildman–Crippen MR) is 74.4 cm³/mol. The Kier molecular flexibility index (Phi) is 4.78. The molecule has 1 saturated carbocycles. The average molecular weight is 250 g/mol. The van der Waals surface area contributed by atoms with Gasteiger partial charge in [-0.15, -0.1) is 0 Å². The van der Waals surface area contributed by atoms with E-state index in [1.807, 2.05) is 10.9 Å². The molecule has 0 amide bonds. The largest absolute Gasteiger partial charge is 0.329 e. The standard InChI is InChI=1S/C14H26N4/c1-11(2)18-10-12(9-16-18)14(8-15)17-13-6-4-3-5-7-13/h9-11,13-14,17H,3-8,15H2,1-2H3. The molecule has 1 unspecified atom stereocenters. The number of rotatable bonds is 5. The minimum Gasteiger partial charge on any atom is -0.329 e. The Morgan fingerprint density at radius 3 is 2.67 bits per heavy atom. The van der Waals surface area contributed by atoms with Crippen LogP contribution in [0.5, 0.6) is 0 Å². The summed E-state index contributed by atoms with van der Waals surface area (Å²) in [6, 6.07) is 1.29. The van der Waals surface area contributed by atoms with E-state index in [1.54, 1.807) is 0 Å². The highest BCUT2D eigenvalue weighted by Gasteiger charge is 2.19. The minimum atomic E-state index is 0.251. The van der Waals surface area contributed by atoms with E-state index in [0.29, 0.717) is 18.6 Å². The normalized spacial score (nSPS) is 19.3. The third-order valence-electron chi connectivity index (χ3n) is 3.83. The lowest BCUT2D eigenvalue weighted by molar-refractivity contribution is 0.340. The molecule has 1 aromatic heterocycles. The van der Waals surface area contributed by atoms with Crippen LogP contribution in [-0.2, 0) is 0 Å². The molecule has 18 heavy (non-hydrogen) atoms. The molecule has 4 nitrogen and oxygen atoms in total. The molecule has 2 rings (SSSR count). The molecule has 4 heteroatoms. The van der Waals surface area contributed by atoms with Gasteiger partial charge < -0.3 is 11.1 Å². The van der Waals surface area contributed by atoms with Crippen LogP contribution in [0.4, 0.5) is 0 Å². The lowest BCUT2D eigenvalue weighted by atomic mass is 9.94. The van der Waals surface area contributed by atoms with Gasteiger partial charge in [0.25, 0.3) is 0 Å². The smallest absolute Gasteiger partial charge is 0.0538 e. The van der Waals surface area contributed by atoms with Crippen molar-refractivity contribution >= 4 is 0 Å². The number of nitrogens with zero attached hydrogens (tertiary/aromatic N) is 2. The maximum atomic E-state index is 5.91.